The quantitative estimate of drug-likeness (QED) is 0.532. The van der Waals surface area contributed by atoms with Gasteiger partial charge < -0.3 is 10.6 Å². The molecule has 1 aromatic heterocycles. The van der Waals surface area contributed by atoms with E-state index in [0.717, 1.165) is 5.56 Å². The fourth-order valence-corrected chi connectivity index (χ4v) is 2.25. The van der Waals surface area contributed by atoms with Crippen LogP contribution in [0.4, 0.5) is 10.6 Å². The summed E-state index contributed by atoms with van der Waals surface area (Å²) in [6.07, 6.45) is 2.18. The average Bonchev–Trinajstić information content (AvgIpc) is 2.55. The molecular formula is C10H10N4O2. The number of carbonyl (C=O) groups is 2. The minimum Gasteiger partial charge on any atom is -0.370 e. The number of nitrogens with zero attached hydrogens (tertiary/aromatic N) is 1. The number of hydrogen-bond donors (Lipinski definition) is 3. The summed E-state index contributed by atoms with van der Waals surface area (Å²) in [7, 11) is 0. The molecule has 0 aliphatic carbocycles. The molecule has 2 aliphatic heterocycles. The summed E-state index contributed by atoms with van der Waals surface area (Å²) in [6.45, 7) is 0.609. The summed E-state index contributed by atoms with van der Waals surface area (Å²) in [5, 5.41) is 8.08. The first-order valence-corrected chi connectivity index (χ1v) is 5.05. The molecule has 1 spiro atoms. The SMILES string of the molecule is O=C1NC(=O)C2(CCNc3ncccc32)N1. The molecule has 1 atom stereocenters. The van der Waals surface area contributed by atoms with Gasteiger partial charge in [0.1, 0.15) is 5.82 Å². The summed E-state index contributed by atoms with van der Waals surface area (Å²) in [4.78, 5) is 27.3. The minimum absolute atomic E-state index is 0.298. The van der Waals surface area contributed by atoms with E-state index >= 15 is 0 Å². The van der Waals surface area contributed by atoms with Crippen LogP contribution in [0.25, 0.3) is 0 Å². The van der Waals surface area contributed by atoms with Crippen molar-refractivity contribution >= 4 is 17.8 Å². The molecule has 0 saturated carbocycles. The lowest BCUT2D eigenvalue weighted by atomic mass is 9.84. The van der Waals surface area contributed by atoms with Crippen LogP contribution in [0.1, 0.15) is 12.0 Å². The second-order valence-electron chi connectivity index (χ2n) is 3.89. The summed E-state index contributed by atoms with van der Waals surface area (Å²) in [5.41, 5.74) is -0.212. The van der Waals surface area contributed by atoms with Crippen molar-refractivity contribution in [3.05, 3.63) is 23.9 Å². The van der Waals surface area contributed by atoms with Crippen LogP contribution in [-0.4, -0.2) is 23.5 Å². The molecule has 1 aromatic rings. The summed E-state index contributed by atoms with van der Waals surface area (Å²) in [5.74, 6) is 0.361. The summed E-state index contributed by atoms with van der Waals surface area (Å²) in [6, 6.07) is 3.12. The molecule has 1 saturated heterocycles. The van der Waals surface area contributed by atoms with Gasteiger partial charge in [-0.15, -0.1) is 0 Å². The Morgan fingerprint density at radius 2 is 2.25 bits per heavy atom. The molecule has 3 N–H and O–H groups in total. The van der Waals surface area contributed by atoms with E-state index < -0.39 is 11.6 Å². The second-order valence-corrected chi connectivity index (χ2v) is 3.89. The monoisotopic (exact) mass is 218 g/mol. The average molecular weight is 218 g/mol. The van der Waals surface area contributed by atoms with Gasteiger partial charge in [0.15, 0.2) is 5.54 Å². The Bertz CT molecular complexity index is 487. The van der Waals surface area contributed by atoms with Crippen molar-refractivity contribution < 1.29 is 9.59 Å². The largest absolute Gasteiger partial charge is 0.370 e. The van der Waals surface area contributed by atoms with Crippen LogP contribution in [0, 0.1) is 0 Å². The predicted molar refractivity (Wildman–Crippen MR) is 55.7 cm³/mol. The molecule has 16 heavy (non-hydrogen) atoms. The van der Waals surface area contributed by atoms with Crippen molar-refractivity contribution in [3.8, 4) is 0 Å². The maximum Gasteiger partial charge on any atom is 0.322 e. The lowest BCUT2D eigenvalue weighted by Gasteiger charge is -2.32. The first kappa shape index (κ1) is 9.14. The van der Waals surface area contributed by atoms with Crippen LogP contribution in [-0.2, 0) is 10.3 Å². The van der Waals surface area contributed by atoms with E-state index in [2.05, 4.69) is 20.9 Å². The highest BCUT2D eigenvalue weighted by Gasteiger charge is 2.50. The normalized spacial score (nSPS) is 27.0. The van der Waals surface area contributed by atoms with Crippen LogP contribution in [0.15, 0.2) is 18.3 Å². The number of nitrogens with one attached hydrogen (secondary N) is 3. The number of urea groups is 1. The van der Waals surface area contributed by atoms with Crippen molar-refractivity contribution in [1.29, 1.82) is 0 Å². The Morgan fingerprint density at radius 3 is 3.00 bits per heavy atom. The van der Waals surface area contributed by atoms with Crippen LogP contribution in [0.2, 0.25) is 0 Å². The molecule has 3 amide bonds. The Morgan fingerprint density at radius 1 is 1.38 bits per heavy atom. The molecule has 0 aromatic carbocycles. The highest BCUT2D eigenvalue weighted by atomic mass is 16.2. The van der Waals surface area contributed by atoms with E-state index in [4.69, 9.17) is 0 Å². The van der Waals surface area contributed by atoms with Gasteiger partial charge in [-0.2, -0.15) is 0 Å². The molecule has 82 valence electrons. The zero-order valence-corrected chi connectivity index (χ0v) is 8.41. The molecule has 6 heteroatoms. The molecule has 2 aliphatic rings. The third-order valence-corrected chi connectivity index (χ3v) is 3.00. The predicted octanol–water partition coefficient (Wildman–Crippen LogP) is -0.0681. The molecule has 0 bridgehead atoms. The van der Waals surface area contributed by atoms with E-state index in [1.54, 1.807) is 18.3 Å². The van der Waals surface area contributed by atoms with Crippen LogP contribution >= 0.6 is 0 Å². The maximum absolute atomic E-state index is 11.9. The van der Waals surface area contributed by atoms with Gasteiger partial charge in [0.25, 0.3) is 5.91 Å². The lowest BCUT2D eigenvalue weighted by Crippen LogP contribution is -2.48. The summed E-state index contributed by atoms with van der Waals surface area (Å²) < 4.78 is 0. The number of hydrogen-bond acceptors (Lipinski definition) is 4. The molecule has 6 nitrogen and oxygen atoms in total. The number of carbonyl (C=O) groups excluding carboxylic acids is 2. The standard InChI is InChI=1S/C10H10N4O2/c15-8-10(14-9(16)13-8)3-5-12-7-6(10)2-1-4-11-7/h1-2,4H,3,5H2,(H,11,12)(H2,13,14,15,16). The number of anilines is 1. The zero-order chi connectivity index (χ0) is 11.2. The second kappa shape index (κ2) is 2.94. The Labute approximate surface area is 91.4 Å². The molecular weight excluding hydrogens is 208 g/mol. The van der Waals surface area contributed by atoms with E-state index in [0.29, 0.717) is 18.8 Å². The number of rotatable bonds is 0. The van der Waals surface area contributed by atoms with Gasteiger partial charge in [-0.05, 0) is 6.07 Å². The Balaban J connectivity index is 2.17. The Kier molecular flexibility index (Phi) is 1.68. The smallest absolute Gasteiger partial charge is 0.322 e. The highest BCUT2D eigenvalue weighted by Crippen LogP contribution is 2.35. The molecule has 1 unspecified atom stereocenters. The lowest BCUT2D eigenvalue weighted by molar-refractivity contribution is -0.124. The van der Waals surface area contributed by atoms with Crippen LogP contribution < -0.4 is 16.0 Å². The maximum atomic E-state index is 11.9. The number of amides is 3. The van der Waals surface area contributed by atoms with Crippen LogP contribution in [0.5, 0.6) is 0 Å². The molecule has 0 radical (unpaired) electrons. The van der Waals surface area contributed by atoms with Crippen molar-refractivity contribution in [2.45, 2.75) is 12.0 Å². The third-order valence-electron chi connectivity index (χ3n) is 3.00. The van der Waals surface area contributed by atoms with Gasteiger partial charge in [-0.3, -0.25) is 10.1 Å². The number of imide groups is 1. The van der Waals surface area contributed by atoms with E-state index in [-0.39, 0.29) is 5.91 Å². The number of aromatic nitrogens is 1. The van der Waals surface area contributed by atoms with Gasteiger partial charge in [0.2, 0.25) is 0 Å². The van der Waals surface area contributed by atoms with Gasteiger partial charge in [-0.25, -0.2) is 9.78 Å². The van der Waals surface area contributed by atoms with E-state index in [1.807, 2.05) is 0 Å². The third kappa shape index (κ3) is 1.04. The molecule has 1 fully saturated rings. The fourth-order valence-electron chi connectivity index (χ4n) is 2.25. The van der Waals surface area contributed by atoms with E-state index in [9.17, 15) is 9.59 Å². The Hall–Kier alpha value is -2.11. The van der Waals surface area contributed by atoms with Crippen molar-refractivity contribution in [3.63, 3.8) is 0 Å². The topological polar surface area (TPSA) is 83.1 Å². The van der Waals surface area contributed by atoms with Crippen molar-refractivity contribution in [2.24, 2.45) is 0 Å². The fraction of sp³-hybridized carbons (Fsp3) is 0.300. The number of pyridine rings is 1. The van der Waals surface area contributed by atoms with Crippen LogP contribution in [0.3, 0.4) is 0 Å². The molecule has 3 rings (SSSR count). The zero-order valence-electron chi connectivity index (χ0n) is 8.41. The highest BCUT2D eigenvalue weighted by molar-refractivity contribution is 6.08. The number of fused-ring (bicyclic) bond motifs is 2. The first-order valence-electron chi connectivity index (χ1n) is 5.05. The van der Waals surface area contributed by atoms with Crippen molar-refractivity contribution in [1.82, 2.24) is 15.6 Å². The van der Waals surface area contributed by atoms with E-state index in [1.165, 1.54) is 0 Å². The van der Waals surface area contributed by atoms with Gasteiger partial charge in [0, 0.05) is 24.7 Å². The minimum atomic E-state index is -0.939. The molecule has 3 heterocycles. The first-order chi connectivity index (χ1) is 7.72. The van der Waals surface area contributed by atoms with Gasteiger partial charge in [0.05, 0.1) is 0 Å². The van der Waals surface area contributed by atoms with Gasteiger partial charge in [-0.1, -0.05) is 6.07 Å². The summed E-state index contributed by atoms with van der Waals surface area (Å²) >= 11 is 0. The van der Waals surface area contributed by atoms with Crippen molar-refractivity contribution in [2.75, 3.05) is 11.9 Å². The van der Waals surface area contributed by atoms with Gasteiger partial charge >= 0.3 is 6.03 Å².